The Labute approximate surface area is 113 Å². The molecule has 0 aromatic carbocycles. The first-order valence-corrected chi connectivity index (χ1v) is 8.06. The van der Waals surface area contributed by atoms with Gasteiger partial charge in [0, 0.05) is 6.04 Å². The summed E-state index contributed by atoms with van der Waals surface area (Å²) < 4.78 is 0. The predicted molar refractivity (Wildman–Crippen MR) is 76.6 cm³/mol. The molecule has 2 fully saturated rings. The zero-order valence-corrected chi connectivity index (χ0v) is 12.2. The van der Waals surface area contributed by atoms with Crippen LogP contribution in [0, 0.1) is 17.8 Å². The molecule has 2 saturated carbocycles. The first-order valence-electron chi connectivity index (χ1n) is 8.06. The Balaban J connectivity index is 1.67. The minimum Gasteiger partial charge on any atom is -0.393 e. The Morgan fingerprint density at radius 3 is 2.56 bits per heavy atom. The van der Waals surface area contributed by atoms with Crippen LogP contribution in [0.1, 0.15) is 65.2 Å². The van der Waals surface area contributed by atoms with Gasteiger partial charge >= 0.3 is 0 Å². The first kappa shape index (κ1) is 14.3. The van der Waals surface area contributed by atoms with Gasteiger partial charge in [-0.3, -0.25) is 0 Å². The van der Waals surface area contributed by atoms with Crippen LogP contribution in [0.25, 0.3) is 0 Å². The second kappa shape index (κ2) is 6.91. The molecule has 2 N–H and O–H groups in total. The summed E-state index contributed by atoms with van der Waals surface area (Å²) >= 11 is 0. The predicted octanol–water partition coefficient (Wildman–Crippen LogP) is 3.34. The molecule has 0 aromatic heterocycles. The van der Waals surface area contributed by atoms with Crippen LogP contribution in [0.3, 0.4) is 0 Å². The molecule has 0 aromatic rings. The van der Waals surface area contributed by atoms with Crippen LogP contribution in [0.4, 0.5) is 0 Å². The van der Waals surface area contributed by atoms with Gasteiger partial charge in [0.1, 0.15) is 0 Å². The highest BCUT2D eigenvalue weighted by Gasteiger charge is 2.25. The SMILES string of the molecule is CC(C)C1CCCC(NCC2CCC(O)C2)CC1. The molecule has 4 atom stereocenters. The summed E-state index contributed by atoms with van der Waals surface area (Å²) in [5.74, 6) is 2.53. The smallest absolute Gasteiger partial charge is 0.0543 e. The van der Waals surface area contributed by atoms with Gasteiger partial charge in [0.2, 0.25) is 0 Å². The van der Waals surface area contributed by atoms with Gasteiger partial charge < -0.3 is 10.4 Å². The molecule has 18 heavy (non-hydrogen) atoms. The zero-order valence-electron chi connectivity index (χ0n) is 12.2. The van der Waals surface area contributed by atoms with Gasteiger partial charge in [-0.2, -0.15) is 0 Å². The summed E-state index contributed by atoms with van der Waals surface area (Å²) in [7, 11) is 0. The summed E-state index contributed by atoms with van der Waals surface area (Å²) in [6.45, 7) is 5.88. The molecule has 2 aliphatic rings. The molecule has 0 spiro atoms. The average Bonchev–Trinajstić information content (AvgIpc) is 2.62. The van der Waals surface area contributed by atoms with E-state index in [-0.39, 0.29) is 6.10 Å². The number of rotatable bonds is 4. The number of hydrogen-bond acceptors (Lipinski definition) is 2. The molecule has 0 aliphatic heterocycles. The fraction of sp³-hybridized carbons (Fsp3) is 1.00. The summed E-state index contributed by atoms with van der Waals surface area (Å²) in [4.78, 5) is 0. The highest BCUT2D eigenvalue weighted by Crippen LogP contribution is 2.29. The summed E-state index contributed by atoms with van der Waals surface area (Å²) in [5.41, 5.74) is 0. The highest BCUT2D eigenvalue weighted by atomic mass is 16.3. The third-order valence-electron chi connectivity index (χ3n) is 5.16. The van der Waals surface area contributed by atoms with E-state index >= 15 is 0 Å². The van der Waals surface area contributed by atoms with Crippen molar-refractivity contribution in [3.8, 4) is 0 Å². The molecular formula is C16H31NO. The van der Waals surface area contributed by atoms with E-state index in [0.29, 0.717) is 0 Å². The van der Waals surface area contributed by atoms with E-state index in [4.69, 9.17) is 0 Å². The molecule has 2 nitrogen and oxygen atoms in total. The maximum absolute atomic E-state index is 9.55. The van der Waals surface area contributed by atoms with Crippen LogP contribution >= 0.6 is 0 Å². The zero-order chi connectivity index (χ0) is 13.0. The van der Waals surface area contributed by atoms with Gasteiger partial charge in [-0.1, -0.05) is 26.7 Å². The van der Waals surface area contributed by atoms with Gasteiger partial charge in [-0.15, -0.1) is 0 Å². The lowest BCUT2D eigenvalue weighted by Gasteiger charge is -2.20. The Morgan fingerprint density at radius 1 is 1.06 bits per heavy atom. The fourth-order valence-corrected chi connectivity index (χ4v) is 3.77. The Morgan fingerprint density at radius 2 is 1.89 bits per heavy atom. The molecule has 2 aliphatic carbocycles. The molecule has 0 amide bonds. The Bertz CT molecular complexity index is 241. The van der Waals surface area contributed by atoms with Crippen LogP contribution in [-0.2, 0) is 0 Å². The minimum atomic E-state index is -0.0174. The third kappa shape index (κ3) is 4.24. The summed E-state index contributed by atoms with van der Waals surface area (Å²) in [6, 6.07) is 0.742. The summed E-state index contributed by atoms with van der Waals surface area (Å²) in [6.07, 6.45) is 10.2. The number of hydrogen-bond donors (Lipinski definition) is 2. The van der Waals surface area contributed by atoms with E-state index in [0.717, 1.165) is 43.2 Å². The second-order valence-corrected chi connectivity index (χ2v) is 6.95. The minimum absolute atomic E-state index is 0.0174. The van der Waals surface area contributed by atoms with E-state index < -0.39 is 0 Å². The van der Waals surface area contributed by atoms with Crippen LogP contribution in [0.15, 0.2) is 0 Å². The molecule has 0 bridgehead atoms. The van der Waals surface area contributed by atoms with Crippen molar-refractivity contribution in [3.63, 3.8) is 0 Å². The number of aliphatic hydroxyl groups excluding tert-OH is 1. The van der Waals surface area contributed by atoms with Crippen molar-refractivity contribution >= 4 is 0 Å². The third-order valence-corrected chi connectivity index (χ3v) is 5.16. The van der Waals surface area contributed by atoms with Gasteiger partial charge in [-0.05, 0) is 62.8 Å². The van der Waals surface area contributed by atoms with Crippen molar-refractivity contribution in [3.05, 3.63) is 0 Å². The normalized spacial score (nSPS) is 38.0. The lowest BCUT2D eigenvalue weighted by molar-refractivity contribution is 0.177. The standard InChI is InChI=1S/C16H31NO/c1-12(2)14-4-3-5-15(8-7-14)17-11-13-6-9-16(18)10-13/h12-18H,3-11H2,1-2H3. The van der Waals surface area contributed by atoms with Gasteiger partial charge in [0.05, 0.1) is 6.10 Å². The van der Waals surface area contributed by atoms with Crippen LogP contribution in [-0.4, -0.2) is 23.8 Å². The van der Waals surface area contributed by atoms with Crippen molar-refractivity contribution in [1.82, 2.24) is 5.32 Å². The second-order valence-electron chi connectivity index (χ2n) is 6.95. The molecule has 2 rings (SSSR count). The van der Waals surface area contributed by atoms with Crippen molar-refractivity contribution in [2.45, 2.75) is 77.4 Å². The average molecular weight is 253 g/mol. The van der Waals surface area contributed by atoms with Crippen LogP contribution < -0.4 is 5.32 Å². The monoisotopic (exact) mass is 253 g/mol. The van der Waals surface area contributed by atoms with E-state index in [1.165, 1.54) is 38.5 Å². The van der Waals surface area contributed by atoms with Crippen molar-refractivity contribution in [1.29, 1.82) is 0 Å². The van der Waals surface area contributed by atoms with Crippen molar-refractivity contribution in [2.75, 3.05) is 6.54 Å². The van der Waals surface area contributed by atoms with E-state index in [1.54, 1.807) is 0 Å². The van der Waals surface area contributed by atoms with E-state index in [2.05, 4.69) is 19.2 Å². The lowest BCUT2D eigenvalue weighted by atomic mass is 9.89. The lowest BCUT2D eigenvalue weighted by Crippen LogP contribution is -2.32. The van der Waals surface area contributed by atoms with Crippen LogP contribution in [0.5, 0.6) is 0 Å². The fourth-order valence-electron chi connectivity index (χ4n) is 3.77. The van der Waals surface area contributed by atoms with E-state index in [1.807, 2.05) is 0 Å². The number of aliphatic hydroxyl groups is 1. The van der Waals surface area contributed by atoms with Crippen LogP contribution in [0.2, 0.25) is 0 Å². The summed E-state index contributed by atoms with van der Waals surface area (Å²) in [5, 5.41) is 13.3. The maximum atomic E-state index is 9.55. The van der Waals surface area contributed by atoms with Crippen molar-refractivity contribution < 1.29 is 5.11 Å². The quantitative estimate of drug-likeness (QED) is 0.753. The largest absolute Gasteiger partial charge is 0.393 e. The first-order chi connectivity index (χ1) is 8.65. The topological polar surface area (TPSA) is 32.3 Å². The highest BCUT2D eigenvalue weighted by molar-refractivity contribution is 4.80. The van der Waals surface area contributed by atoms with Gasteiger partial charge in [0.15, 0.2) is 0 Å². The molecule has 2 heteroatoms. The van der Waals surface area contributed by atoms with E-state index in [9.17, 15) is 5.11 Å². The van der Waals surface area contributed by atoms with Gasteiger partial charge in [-0.25, -0.2) is 0 Å². The molecule has 0 saturated heterocycles. The number of nitrogens with one attached hydrogen (secondary N) is 1. The maximum Gasteiger partial charge on any atom is 0.0543 e. The van der Waals surface area contributed by atoms with Gasteiger partial charge in [0.25, 0.3) is 0 Å². The molecular weight excluding hydrogens is 222 g/mol. The molecule has 0 radical (unpaired) electrons. The molecule has 0 heterocycles. The molecule has 106 valence electrons. The van der Waals surface area contributed by atoms with Crippen molar-refractivity contribution in [2.24, 2.45) is 17.8 Å². The Hall–Kier alpha value is -0.0800. The molecule has 4 unspecified atom stereocenters. The Kier molecular flexibility index (Phi) is 5.50.